The van der Waals surface area contributed by atoms with Crippen LogP contribution in [0.4, 0.5) is 29.2 Å². The van der Waals surface area contributed by atoms with Crippen molar-refractivity contribution in [2.75, 3.05) is 79.4 Å². The van der Waals surface area contributed by atoms with Crippen LogP contribution in [-0.4, -0.2) is 89.4 Å². The lowest BCUT2D eigenvalue weighted by atomic mass is 10.3. The summed E-state index contributed by atoms with van der Waals surface area (Å²) in [6.07, 6.45) is 4.88. The second-order valence-electron chi connectivity index (χ2n) is 10.9. The second-order valence-corrected chi connectivity index (χ2v) is 11.3. The minimum Gasteiger partial charge on any atom is -0.369 e. The molecule has 10 nitrogen and oxygen atoms in total. The number of likely N-dealkylation sites (N-methyl/N-ethyl adjacent to an activating group) is 1. The van der Waals surface area contributed by atoms with Crippen LogP contribution in [0.2, 0.25) is 0 Å². The van der Waals surface area contributed by atoms with E-state index in [1.54, 1.807) is 0 Å². The van der Waals surface area contributed by atoms with Gasteiger partial charge in [-0.2, -0.15) is 9.97 Å². The third-order valence-electron chi connectivity index (χ3n) is 7.48. The molecule has 2 aromatic heterocycles. The molecule has 0 unspecified atom stereocenters. The van der Waals surface area contributed by atoms with Gasteiger partial charge < -0.3 is 25.3 Å². The molecule has 0 saturated carbocycles. The summed E-state index contributed by atoms with van der Waals surface area (Å²) >= 11 is 5.83. The number of rotatable bonds is 11. The number of nitrogens with zero attached hydrogens (tertiary/aromatic N) is 8. The normalized spacial score (nSPS) is 15.0. The smallest absolute Gasteiger partial charge is 0.236 e. The molecule has 1 aromatic carbocycles. The molecule has 218 valence electrons. The Hall–Kier alpha value is -3.57. The van der Waals surface area contributed by atoms with Crippen molar-refractivity contribution in [1.82, 2.24) is 30.2 Å². The molecule has 5 rings (SSSR count). The summed E-state index contributed by atoms with van der Waals surface area (Å²) in [7, 11) is 2.12. The van der Waals surface area contributed by atoms with Crippen molar-refractivity contribution < 1.29 is 0 Å². The van der Waals surface area contributed by atoms with Gasteiger partial charge in [-0.25, -0.2) is 9.97 Å². The third-order valence-corrected chi connectivity index (χ3v) is 7.80. The number of benzene rings is 1. The molecule has 2 saturated heterocycles. The van der Waals surface area contributed by atoms with Crippen molar-refractivity contribution >= 4 is 46.6 Å². The predicted octanol–water partition coefficient (Wildman–Crippen LogP) is 4.14. The zero-order chi connectivity index (χ0) is 28.6. The van der Waals surface area contributed by atoms with Crippen LogP contribution >= 0.6 is 12.2 Å². The first-order valence-electron chi connectivity index (χ1n) is 14.7. The van der Waals surface area contributed by atoms with Crippen LogP contribution < -0.4 is 25.3 Å². The van der Waals surface area contributed by atoms with E-state index < -0.39 is 0 Å². The van der Waals surface area contributed by atoms with E-state index in [0.717, 1.165) is 80.5 Å². The van der Waals surface area contributed by atoms with E-state index in [1.165, 1.54) is 25.7 Å². The average Bonchev–Trinajstić information content (AvgIpc) is 3.69. The Balaban J connectivity index is 1.14. The summed E-state index contributed by atoms with van der Waals surface area (Å²) in [6, 6.07) is 14.1. The maximum atomic E-state index is 5.83. The number of aryl methyl sites for hydroxylation is 2. The van der Waals surface area contributed by atoms with E-state index in [2.05, 4.69) is 48.4 Å². The van der Waals surface area contributed by atoms with Gasteiger partial charge in [-0.05, 0) is 77.0 Å². The highest BCUT2D eigenvalue weighted by Gasteiger charge is 2.21. The Morgan fingerprint density at radius 1 is 0.829 bits per heavy atom. The molecule has 2 fully saturated rings. The summed E-state index contributed by atoms with van der Waals surface area (Å²) in [4.78, 5) is 28.0. The minimum atomic E-state index is 0.579. The van der Waals surface area contributed by atoms with E-state index in [9.17, 15) is 0 Å². The Bertz CT molecular complexity index is 1240. The van der Waals surface area contributed by atoms with Crippen molar-refractivity contribution in [2.45, 2.75) is 39.5 Å². The number of anilines is 5. The average molecular weight is 575 g/mol. The van der Waals surface area contributed by atoms with Crippen molar-refractivity contribution in [3.63, 3.8) is 0 Å². The molecule has 0 atom stereocenters. The molecule has 0 aliphatic carbocycles. The SMILES string of the molecule is Cc1cc(C)nc(N(C(=S)NCCN(C)CCNc2cc(N3CCCC3)nc(N3CCCC3)n2)c2ccccc2)n1. The van der Waals surface area contributed by atoms with E-state index in [0.29, 0.717) is 17.6 Å². The molecule has 3 aromatic rings. The largest absolute Gasteiger partial charge is 0.369 e. The monoisotopic (exact) mass is 574 g/mol. The molecule has 2 N–H and O–H groups in total. The molecular weight excluding hydrogens is 532 g/mol. The molecular formula is C30H42N10S. The number of hydrogen-bond acceptors (Lipinski definition) is 9. The van der Waals surface area contributed by atoms with Crippen LogP contribution in [0, 0.1) is 13.8 Å². The quantitative estimate of drug-likeness (QED) is 0.324. The van der Waals surface area contributed by atoms with Gasteiger partial charge in [-0.1, -0.05) is 18.2 Å². The van der Waals surface area contributed by atoms with Gasteiger partial charge >= 0.3 is 0 Å². The fourth-order valence-corrected chi connectivity index (χ4v) is 5.60. The molecule has 0 amide bonds. The zero-order valence-electron chi connectivity index (χ0n) is 24.5. The first-order valence-corrected chi connectivity index (χ1v) is 15.1. The van der Waals surface area contributed by atoms with Crippen molar-refractivity contribution in [3.05, 3.63) is 53.9 Å². The van der Waals surface area contributed by atoms with Gasteiger partial charge in [0.15, 0.2) is 5.11 Å². The lowest BCUT2D eigenvalue weighted by molar-refractivity contribution is 0.352. The maximum absolute atomic E-state index is 5.83. The van der Waals surface area contributed by atoms with Crippen molar-refractivity contribution in [3.8, 4) is 0 Å². The molecule has 0 bridgehead atoms. The van der Waals surface area contributed by atoms with Crippen LogP contribution in [-0.2, 0) is 0 Å². The fourth-order valence-electron chi connectivity index (χ4n) is 5.31. The van der Waals surface area contributed by atoms with Gasteiger partial charge in [-0.3, -0.25) is 4.90 Å². The number of aromatic nitrogens is 4. The van der Waals surface area contributed by atoms with E-state index >= 15 is 0 Å². The standard InChI is InChI=1S/C30H42N10S/c1-23-21-24(2)34-29(33-23)40(25-11-5-4-6-12-25)30(41)32-14-20-37(3)19-13-31-26-22-27(38-15-7-8-16-38)36-28(35-26)39-17-9-10-18-39/h4-6,11-12,21-22H,7-10,13-20H2,1-3H3,(H,32,41)(H,31,35,36). The maximum Gasteiger partial charge on any atom is 0.236 e. The van der Waals surface area contributed by atoms with Gasteiger partial charge in [-0.15, -0.1) is 0 Å². The molecule has 2 aliphatic heterocycles. The van der Waals surface area contributed by atoms with E-state index in [4.69, 9.17) is 22.2 Å². The second kappa shape index (κ2) is 13.9. The lowest BCUT2D eigenvalue weighted by Gasteiger charge is -2.25. The van der Waals surface area contributed by atoms with Crippen molar-refractivity contribution in [1.29, 1.82) is 0 Å². The van der Waals surface area contributed by atoms with Crippen LogP contribution in [0.1, 0.15) is 37.1 Å². The third kappa shape index (κ3) is 7.80. The van der Waals surface area contributed by atoms with Crippen LogP contribution in [0.5, 0.6) is 0 Å². The predicted molar refractivity (Wildman–Crippen MR) is 172 cm³/mol. The molecule has 0 spiro atoms. The van der Waals surface area contributed by atoms with Gasteiger partial charge in [0.1, 0.15) is 11.6 Å². The van der Waals surface area contributed by atoms with Gasteiger partial charge in [0.2, 0.25) is 11.9 Å². The molecule has 4 heterocycles. The fraction of sp³-hybridized carbons (Fsp3) is 0.500. The highest BCUT2D eigenvalue weighted by atomic mass is 32.1. The first kappa shape index (κ1) is 28.9. The molecule has 41 heavy (non-hydrogen) atoms. The number of nitrogens with one attached hydrogen (secondary N) is 2. The Kier molecular flexibility index (Phi) is 9.79. The Labute approximate surface area is 249 Å². The number of hydrogen-bond donors (Lipinski definition) is 2. The summed E-state index contributed by atoms with van der Waals surface area (Å²) in [6.45, 7) is 11.4. The zero-order valence-corrected chi connectivity index (χ0v) is 25.3. The summed E-state index contributed by atoms with van der Waals surface area (Å²) < 4.78 is 0. The topological polar surface area (TPSA) is 88.6 Å². The van der Waals surface area contributed by atoms with Crippen molar-refractivity contribution in [2.24, 2.45) is 0 Å². The first-order chi connectivity index (χ1) is 20.0. The number of thiocarbonyl (C=S) groups is 1. The Morgan fingerprint density at radius 3 is 2.15 bits per heavy atom. The van der Waals surface area contributed by atoms with Gasteiger partial charge in [0, 0.05) is 69.8 Å². The van der Waals surface area contributed by atoms with Crippen LogP contribution in [0.3, 0.4) is 0 Å². The lowest BCUT2D eigenvalue weighted by Crippen LogP contribution is -2.41. The Morgan fingerprint density at radius 2 is 1.46 bits per heavy atom. The van der Waals surface area contributed by atoms with Crippen LogP contribution in [0.15, 0.2) is 42.5 Å². The molecule has 2 aliphatic rings. The summed E-state index contributed by atoms with van der Waals surface area (Å²) in [5.41, 5.74) is 2.75. The van der Waals surface area contributed by atoms with Gasteiger partial charge in [0.25, 0.3) is 0 Å². The summed E-state index contributed by atoms with van der Waals surface area (Å²) in [5, 5.41) is 7.56. The van der Waals surface area contributed by atoms with E-state index in [-0.39, 0.29) is 0 Å². The number of para-hydroxylation sites is 1. The highest BCUT2D eigenvalue weighted by Crippen LogP contribution is 2.26. The highest BCUT2D eigenvalue weighted by molar-refractivity contribution is 7.80. The summed E-state index contributed by atoms with van der Waals surface area (Å²) in [5.74, 6) is 3.39. The van der Waals surface area contributed by atoms with Gasteiger partial charge in [0.05, 0.1) is 5.69 Å². The minimum absolute atomic E-state index is 0.579. The molecule has 0 radical (unpaired) electrons. The molecule has 11 heteroatoms. The van der Waals surface area contributed by atoms with Crippen LogP contribution in [0.25, 0.3) is 0 Å². The van der Waals surface area contributed by atoms with E-state index in [1.807, 2.05) is 55.1 Å².